The number of aryl methyl sites for hydroxylation is 1. The molecule has 6 atom stereocenters. The van der Waals surface area contributed by atoms with E-state index in [4.69, 9.17) is 0 Å². The van der Waals surface area contributed by atoms with E-state index >= 15 is 0 Å². The molecule has 10 nitrogen and oxygen atoms in total. The van der Waals surface area contributed by atoms with Crippen molar-refractivity contribution in [3.8, 4) is 0 Å². The highest BCUT2D eigenvalue weighted by molar-refractivity contribution is 5.74. The standard InChI is InChI=1S/C18H28N6O4/c1-10-20-22-24(21-10)14-6-16(18(27)28)23(9-14)8-11-2-3-12-7-19-15(17(25)26)5-13(12)4-11/h11-16,19H,2-9H2,1H3,(H,25,26)(H,27,28). The van der Waals surface area contributed by atoms with Gasteiger partial charge < -0.3 is 15.5 Å². The number of hydrogen-bond donors (Lipinski definition) is 3. The highest BCUT2D eigenvalue weighted by atomic mass is 16.4. The molecule has 1 saturated carbocycles. The number of nitrogens with one attached hydrogen (secondary N) is 1. The Morgan fingerprint density at radius 1 is 1.14 bits per heavy atom. The molecule has 1 aromatic heterocycles. The van der Waals surface area contributed by atoms with Gasteiger partial charge >= 0.3 is 11.9 Å². The first-order valence-corrected chi connectivity index (χ1v) is 10.1. The molecule has 3 fully saturated rings. The van der Waals surface area contributed by atoms with Gasteiger partial charge in [-0.3, -0.25) is 14.5 Å². The maximum atomic E-state index is 11.8. The van der Waals surface area contributed by atoms with Gasteiger partial charge in [-0.15, -0.1) is 10.2 Å². The normalized spacial score (nSPS) is 36.2. The van der Waals surface area contributed by atoms with Crippen LogP contribution in [0.4, 0.5) is 0 Å². The fraction of sp³-hybridized carbons (Fsp3) is 0.833. The summed E-state index contributed by atoms with van der Waals surface area (Å²) in [5.74, 6) is 0.353. The van der Waals surface area contributed by atoms with Crippen molar-refractivity contribution in [3.63, 3.8) is 0 Å². The summed E-state index contributed by atoms with van der Waals surface area (Å²) in [5.41, 5.74) is 0. The van der Waals surface area contributed by atoms with Gasteiger partial charge in [-0.1, -0.05) is 0 Å². The number of aromatic nitrogens is 4. The Balaban J connectivity index is 1.39. The van der Waals surface area contributed by atoms with Crippen molar-refractivity contribution in [2.75, 3.05) is 19.6 Å². The maximum Gasteiger partial charge on any atom is 0.321 e. The van der Waals surface area contributed by atoms with E-state index in [0.717, 1.165) is 32.4 Å². The number of carboxylic acids is 2. The maximum absolute atomic E-state index is 11.8. The van der Waals surface area contributed by atoms with E-state index in [2.05, 4.69) is 20.7 Å². The Morgan fingerprint density at radius 2 is 1.96 bits per heavy atom. The van der Waals surface area contributed by atoms with Crippen LogP contribution in [-0.4, -0.2) is 79.0 Å². The molecule has 3 aliphatic rings. The van der Waals surface area contributed by atoms with E-state index in [-0.39, 0.29) is 6.04 Å². The van der Waals surface area contributed by atoms with Crippen LogP contribution in [0.5, 0.6) is 0 Å². The molecule has 3 heterocycles. The van der Waals surface area contributed by atoms with Crippen LogP contribution >= 0.6 is 0 Å². The van der Waals surface area contributed by atoms with Gasteiger partial charge in [0.1, 0.15) is 12.1 Å². The third-order valence-corrected chi connectivity index (χ3v) is 6.73. The van der Waals surface area contributed by atoms with Gasteiger partial charge in [-0.25, -0.2) is 0 Å². The number of carbonyl (C=O) groups is 2. The topological polar surface area (TPSA) is 133 Å². The molecule has 154 valence electrons. The lowest BCUT2D eigenvalue weighted by Crippen LogP contribution is -2.50. The molecule has 0 aromatic carbocycles. The Bertz CT molecular complexity index is 739. The lowest BCUT2D eigenvalue weighted by Gasteiger charge is -2.42. The number of carboxylic acid groups (broad SMARTS) is 2. The number of nitrogens with zero attached hydrogens (tertiary/aromatic N) is 5. The zero-order chi connectivity index (χ0) is 19.8. The Morgan fingerprint density at radius 3 is 2.64 bits per heavy atom. The fourth-order valence-corrected chi connectivity index (χ4v) is 5.31. The third kappa shape index (κ3) is 3.88. The largest absolute Gasteiger partial charge is 0.480 e. The molecule has 10 heteroatoms. The van der Waals surface area contributed by atoms with Gasteiger partial charge in [0.2, 0.25) is 0 Å². The molecule has 28 heavy (non-hydrogen) atoms. The van der Waals surface area contributed by atoms with E-state index in [9.17, 15) is 19.8 Å². The minimum atomic E-state index is -0.805. The Kier molecular flexibility index (Phi) is 5.33. The molecule has 0 amide bonds. The summed E-state index contributed by atoms with van der Waals surface area (Å²) in [4.78, 5) is 26.7. The number of hydrogen-bond acceptors (Lipinski definition) is 7. The predicted octanol–water partition coefficient (Wildman–Crippen LogP) is 0.161. The summed E-state index contributed by atoms with van der Waals surface area (Å²) in [6.45, 7) is 3.88. The highest BCUT2D eigenvalue weighted by Gasteiger charge is 2.42. The van der Waals surface area contributed by atoms with Crippen LogP contribution in [0.15, 0.2) is 0 Å². The second-order valence-corrected chi connectivity index (χ2v) is 8.59. The summed E-state index contributed by atoms with van der Waals surface area (Å²) in [6.07, 6.45) is 4.27. The zero-order valence-electron chi connectivity index (χ0n) is 16.1. The molecule has 2 aliphatic heterocycles. The number of tetrazole rings is 1. The van der Waals surface area contributed by atoms with Gasteiger partial charge in [0.05, 0.1) is 6.04 Å². The molecular formula is C18H28N6O4. The molecule has 6 unspecified atom stereocenters. The van der Waals surface area contributed by atoms with Crippen LogP contribution in [0.1, 0.15) is 44.0 Å². The fourth-order valence-electron chi connectivity index (χ4n) is 5.31. The Labute approximate surface area is 163 Å². The lowest BCUT2D eigenvalue weighted by atomic mass is 9.69. The van der Waals surface area contributed by atoms with Gasteiger partial charge in [-0.2, -0.15) is 4.80 Å². The van der Waals surface area contributed by atoms with E-state index in [1.807, 2.05) is 4.90 Å². The quantitative estimate of drug-likeness (QED) is 0.640. The summed E-state index contributed by atoms with van der Waals surface area (Å²) in [5, 5.41) is 34.3. The number of likely N-dealkylation sites (tertiary alicyclic amines) is 1. The van der Waals surface area contributed by atoms with Crippen LogP contribution in [-0.2, 0) is 9.59 Å². The van der Waals surface area contributed by atoms with Crippen LogP contribution in [0, 0.1) is 24.7 Å². The van der Waals surface area contributed by atoms with Crippen LogP contribution < -0.4 is 5.32 Å². The summed E-state index contributed by atoms with van der Waals surface area (Å²) < 4.78 is 0. The molecule has 1 aromatic rings. The number of rotatable bonds is 5. The smallest absolute Gasteiger partial charge is 0.321 e. The second kappa shape index (κ2) is 7.75. The van der Waals surface area contributed by atoms with Gasteiger partial charge in [0.25, 0.3) is 0 Å². The molecule has 2 saturated heterocycles. The van der Waals surface area contributed by atoms with Crippen LogP contribution in [0.2, 0.25) is 0 Å². The van der Waals surface area contributed by atoms with E-state index < -0.39 is 24.0 Å². The first-order valence-electron chi connectivity index (χ1n) is 10.1. The first-order chi connectivity index (χ1) is 13.4. The molecular weight excluding hydrogens is 364 g/mol. The average molecular weight is 392 g/mol. The number of aliphatic carboxylic acids is 2. The number of fused-ring (bicyclic) bond motifs is 1. The second-order valence-electron chi connectivity index (χ2n) is 8.59. The molecule has 4 rings (SSSR count). The van der Waals surface area contributed by atoms with E-state index in [1.165, 1.54) is 0 Å². The Hall–Kier alpha value is -2.07. The first kappa shape index (κ1) is 19.3. The molecule has 3 N–H and O–H groups in total. The molecule has 0 bridgehead atoms. The number of piperidine rings is 1. The SMILES string of the molecule is Cc1nnn(C2CC(C(=O)O)N(CC3CCC4CNC(C(=O)O)CC4C3)C2)n1. The monoisotopic (exact) mass is 392 g/mol. The molecule has 1 aliphatic carbocycles. The lowest BCUT2D eigenvalue weighted by molar-refractivity contribution is -0.143. The third-order valence-electron chi connectivity index (χ3n) is 6.73. The minimum Gasteiger partial charge on any atom is -0.480 e. The minimum absolute atomic E-state index is 0.0751. The molecule has 0 radical (unpaired) electrons. The van der Waals surface area contributed by atoms with Gasteiger partial charge in [0.15, 0.2) is 5.82 Å². The van der Waals surface area contributed by atoms with Crippen molar-refractivity contribution in [2.45, 2.75) is 57.2 Å². The van der Waals surface area contributed by atoms with E-state index in [0.29, 0.717) is 43.0 Å². The summed E-state index contributed by atoms with van der Waals surface area (Å²) in [6, 6.07) is -1.06. The summed E-state index contributed by atoms with van der Waals surface area (Å²) >= 11 is 0. The van der Waals surface area contributed by atoms with Crippen LogP contribution in [0.25, 0.3) is 0 Å². The molecule has 0 spiro atoms. The van der Waals surface area contributed by atoms with Gasteiger partial charge in [0, 0.05) is 13.1 Å². The van der Waals surface area contributed by atoms with Crippen molar-refractivity contribution < 1.29 is 19.8 Å². The average Bonchev–Trinajstić information content (AvgIpc) is 3.27. The van der Waals surface area contributed by atoms with Crippen molar-refractivity contribution in [2.24, 2.45) is 17.8 Å². The highest BCUT2D eigenvalue weighted by Crippen LogP contribution is 2.40. The zero-order valence-corrected chi connectivity index (χ0v) is 16.1. The van der Waals surface area contributed by atoms with Crippen molar-refractivity contribution in [3.05, 3.63) is 5.82 Å². The summed E-state index contributed by atoms with van der Waals surface area (Å²) in [7, 11) is 0. The predicted molar refractivity (Wildman–Crippen MR) is 97.6 cm³/mol. The van der Waals surface area contributed by atoms with Crippen molar-refractivity contribution in [1.82, 2.24) is 30.4 Å². The van der Waals surface area contributed by atoms with Crippen LogP contribution in [0.3, 0.4) is 0 Å². The van der Waals surface area contributed by atoms with Crippen molar-refractivity contribution >= 4 is 11.9 Å². The van der Waals surface area contributed by atoms with E-state index in [1.54, 1.807) is 11.7 Å². The van der Waals surface area contributed by atoms with Gasteiger partial charge in [-0.05, 0) is 68.5 Å². The van der Waals surface area contributed by atoms with Crippen molar-refractivity contribution in [1.29, 1.82) is 0 Å².